The molecule has 0 bridgehead atoms. The number of urea groups is 1. The lowest BCUT2D eigenvalue weighted by Crippen LogP contribution is -2.63. The van der Waals surface area contributed by atoms with Crippen molar-refractivity contribution in [3.63, 3.8) is 0 Å². The summed E-state index contributed by atoms with van der Waals surface area (Å²) in [6.45, 7) is 2.66. The minimum absolute atomic E-state index is 0.00978. The molecule has 3 aliphatic rings. The van der Waals surface area contributed by atoms with E-state index in [4.69, 9.17) is 4.74 Å². The van der Waals surface area contributed by atoms with Gasteiger partial charge in [0.25, 0.3) is 0 Å². The molecular formula is C24H24N4O3. The Kier molecular flexibility index (Phi) is 5.08. The number of morpholine rings is 1. The number of rotatable bonds is 2. The van der Waals surface area contributed by atoms with Gasteiger partial charge in [-0.1, -0.05) is 42.5 Å². The quantitative estimate of drug-likeness (QED) is 0.814. The van der Waals surface area contributed by atoms with E-state index in [1.807, 2.05) is 46.2 Å². The highest BCUT2D eigenvalue weighted by atomic mass is 16.5. The second kappa shape index (κ2) is 8.05. The summed E-state index contributed by atoms with van der Waals surface area (Å²) in [5.74, 6) is 0.208. The number of hydrogen-bond donors (Lipinski definition) is 1. The van der Waals surface area contributed by atoms with Gasteiger partial charge in [-0.3, -0.25) is 4.79 Å². The SMILES string of the molecule is N#Cc1ccccc1-c1ccc(C2CN(C(=O)N3CC[C@@H]4OCC(=O)N[C@@H]4C3)C2)cc1. The van der Waals surface area contributed by atoms with Crippen molar-refractivity contribution >= 4 is 11.9 Å². The Morgan fingerprint density at radius 1 is 1.06 bits per heavy atom. The second-order valence-corrected chi connectivity index (χ2v) is 8.42. The van der Waals surface area contributed by atoms with Crippen LogP contribution in [-0.4, -0.2) is 66.7 Å². The fourth-order valence-corrected chi connectivity index (χ4v) is 4.69. The van der Waals surface area contributed by atoms with Gasteiger partial charge in [-0.25, -0.2) is 4.79 Å². The number of benzene rings is 2. The smallest absolute Gasteiger partial charge is 0.320 e. The number of hydrogen-bond acceptors (Lipinski definition) is 4. The van der Waals surface area contributed by atoms with Crippen molar-refractivity contribution in [2.24, 2.45) is 0 Å². The number of nitrogens with zero attached hydrogens (tertiary/aromatic N) is 3. The third kappa shape index (κ3) is 3.75. The third-order valence-corrected chi connectivity index (χ3v) is 6.49. The van der Waals surface area contributed by atoms with E-state index in [9.17, 15) is 14.9 Å². The number of likely N-dealkylation sites (tertiary alicyclic amines) is 2. The fourth-order valence-electron chi connectivity index (χ4n) is 4.69. The van der Waals surface area contributed by atoms with E-state index in [0.29, 0.717) is 37.7 Å². The van der Waals surface area contributed by atoms with E-state index in [1.165, 1.54) is 5.56 Å². The number of piperidine rings is 1. The predicted octanol–water partition coefficient (Wildman–Crippen LogP) is 2.33. The van der Waals surface area contributed by atoms with E-state index in [2.05, 4.69) is 23.5 Å². The Hall–Kier alpha value is -3.37. The number of carbonyl (C=O) groups excluding carboxylic acids is 2. The average Bonchev–Trinajstić information content (AvgIpc) is 2.78. The van der Waals surface area contributed by atoms with E-state index in [-0.39, 0.29) is 30.7 Å². The van der Waals surface area contributed by atoms with Gasteiger partial charge in [-0.05, 0) is 29.2 Å². The molecule has 0 saturated carbocycles. The molecule has 0 spiro atoms. The van der Waals surface area contributed by atoms with Crippen molar-refractivity contribution < 1.29 is 14.3 Å². The summed E-state index contributed by atoms with van der Waals surface area (Å²) in [5, 5.41) is 12.3. The molecule has 2 aromatic carbocycles. The summed E-state index contributed by atoms with van der Waals surface area (Å²) < 4.78 is 5.57. The van der Waals surface area contributed by atoms with Crippen molar-refractivity contribution in [2.75, 3.05) is 32.8 Å². The highest BCUT2D eigenvalue weighted by Crippen LogP contribution is 2.31. The van der Waals surface area contributed by atoms with Crippen molar-refractivity contribution in [1.82, 2.24) is 15.1 Å². The molecule has 3 aliphatic heterocycles. The number of carbonyl (C=O) groups is 2. The first-order valence-corrected chi connectivity index (χ1v) is 10.7. The summed E-state index contributed by atoms with van der Waals surface area (Å²) in [5.41, 5.74) is 3.82. The minimum atomic E-state index is -0.111. The summed E-state index contributed by atoms with van der Waals surface area (Å²) >= 11 is 0. The summed E-state index contributed by atoms with van der Waals surface area (Å²) in [4.78, 5) is 28.2. The molecular weight excluding hydrogens is 392 g/mol. The van der Waals surface area contributed by atoms with Crippen LogP contribution in [0.2, 0.25) is 0 Å². The monoisotopic (exact) mass is 416 g/mol. The van der Waals surface area contributed by atoms with Gasteiger partial charge in [0.2, 0.25) is 5.91 Å². The number of fused-ring (bicyclic) bond motifs is 1. The molecule has 7 nitrogen and oxygen atoms in total. The Morgan fingerprint density at radius 3 is 2.61 bits per heavy atom. The van der Waals surface area contributed by atoms with Crippen LogP contribution >= 0.6 is 0 Å². The zero-order valence-corrected chi connectivity index (χ0v) is 17.2. The Morgan fingerprint density at radius 2 is 1.84 bits per heavy atom. The summed E-state index contributed by atoms with van der Waals surface area (Å²) in [6, 6.07) is 18.0. The Balaban J connectivity index is 1.19. The van der Waals surface area contributed by atoms with E-state index < -0.39 is 0 Å². The van der Waals surface area contributed by atoms with Crippen molar-refractivity contribution in [3.8, 4) is 17.2 Å². The van der Waals surface area contributed by atoms with E-state index >= 15 is 0 Å². The molecule has 3 amide bonds. The number of amides is 3. The summed E-state index contributed by atoms with van der Waals surface area (Å²) in [7, 11) is 0. The molecule has 2 aromatic rings. The fraction of sp³-hybridized carbons (Fsp3) is 0.375. The van der Waals surface area contributed by atoms with Crippen LogP contribution in [0.1, 0.15) is 23.5 Å². The molecule has 7 heteroatoms. The zero-order chi connectivity index (χ0) is 21.4. The Labute approximate surface area is 181 Å². The van der Waals surface area contributed by atoms with Gasteiger partial charge in [-0.2, -0.15) is 5.26 Å². The van der Waals surface area contributed by atoms with Gasteiger partial charge < -0.3 is 19.9 Å². The molecule has 0 aromatic heterocycles. The molecule has 31 heavy (non-hydrogen) atoms. The van der Waals surface area contributed by atoms with Crippen LogP contribution in [0.4, 0.5) is 4.79 Å². The lowest BCUT2D eigenvalue weighted by atomic mass is 9.89. The highest BCUT2D eigenvalue weighted by Gasteiger charge is 2.40. The molecule has 1 N–H and O–H groups in total. The molecule has 3 heterocycles. The first-order chi connectivity index (χ1) is 15.1. The molecule has 0 aliphatic carbocycles. The normalized spacial score (nSPS) is 23.4. The highest BCUT2D eigenvalue weighted by molar-refractivity contribution is 5.79. The molecule has 0 unspecified atom stereocenters. The van der Waals surface area contributed by atoms with Crippen LogP contribution in [0.5, 0.6) is 0 Å². The zero-order valence-electron chi connectivity index (χ0n) is 17.2. The van der Waals surface area contributed by atoms with E-state index in [1.54, 1.807) is 0 Å². The lowest BCUT2D eigenvalue weighted by Gasteiger charge is -2.46. The summed E-state index contributed by atoms with van der Waals surface area (Å²) in [6.07, 6.45) is 0.759. The topological polar surface area (TPSA) is 85.7 Å². The number of ether oxygens (including phenoxy) is 1. The van der Waals surface area contributed by atoms with Gasteiger partial charge in [-0.15, -0.1) is 0 Å². The van der Waals surface area contributed by atoms with Crippen molar-refractivity contribution in [3.05, 3.63) is 59.7 Å². The third-order valence-electron chi connectivity index (χ3n) is 6.49. The maximum absolute atomic E-state index is 12.9. The molecule has 2 atom stereocenters. The number of nitrogens with one attached hydrogen (secondary N) is 1. The van der Waals surface area contributed by atoms with Gasteiger partial charge in [0, 0.05) is 32.1 Å². The van der Waals surface area contributed by atoms with Gasteiger partial charge in [0.15, 0.2) is 0 Å². The maximum atomic E-state index is 12.9. The second-order valence-electron chi connectivity index (χ2n) is 8.42. The van der Waals surface area contributed by atoms with Gasteiger partial charge in [0.05, 0.1) is 23.8 Å². The Bertz CT molecular complexity index is 1040. The van der Waals surface area contributed by atoms with Crippen LogP contribution in [0, 0.1) is 11.3 Å². The standard InChI is InChI=1S/C24H24N4O3/c25-11-18-3-1-2-4-20(18)17-7-5-16(6-8-17)19-12-28(13-19)24(30)27-10-9-22-21(14-27)26-23(29)15-31-22/h1-8,19,21-22H,9-10,12-15H2,(H,26,29)/t21-,22+/m1/s1. The number of nitriles is 1. The lowest BCUT2D eigenvalue weighted by molar-refractivity contribution is -0.139. The maximum Gasteiger partial charge on any atom is 0.320 e. The van der Waals surface area contributed by atoms with Gasteiger partial charge >= 0.3 is 6.03 Å². The molecule has 0 radical (unpaired) electrons. The van der Waals surface area contributed by atoms with Crippen molar-refractivity contribution in [2.45, 2.75) is 24.5 Å². The van der Waals surface area contributed by atoms with Crippen LogP contribution in [0.25, 0.3) is 11.1 Å². The molecule has 158 valence electrons. The van der Waals surface area contributed by atoms with E-state index in [0.717, 1.165) is 17.5 Å². The largest absolute Gasteiger partial charge is 0.366 e. The average molecular weight is 416 g/mol. The van der Waals surface area contributed by atoms with Crippen LogP contribution < -0.4 is 5.32 Å². The first-order valence-electron chi connectivity index (χ1n) is 10.7. The minimum Gasteiger partial charge on any atom is -0.366 e. The van der Waals surface area contributed by atoms with Crippen LogP contribution in [0.15, 0.2) is 48.5 Å². The molecule has 5 rings (SSSR count). The van der Waals surface area contributed by atoms with Gasteiger partial charge in [0.1, 0.15) is 6.61 Å². The van der Waals surface area contributed by atoms with Crippen LogP contribution in [0.3, 0.4) is 0 Å². The van der Waals surface area contributed by atoms with Crippen LogP contribution in [-0.2, 0) is 9.53 Å². The predicted molar refractivity (Wildman–Crippen MR) is 114 cm³/mol. The van der Waals surface area contributed by atoms with Crippen molar-refractivity contribution in [1.29, 1.82) is 5.26 Å². The molecule has 3 saturated heterocycles. The molecule has 3 fully saturated rings. The first kappa shape index (κ1) is 19.6.